The van der Waals surface area contributed by atoms with Gasteiger partial charge in [0.25, 0.3) is 11.8 Å². The zero-order valence-electron chi connectivity index (χ0n) is 12.7. The highest BCUT2D eigenvalue weighted by Crippen LogP contribution is 2.24. The number of aromatic hydroxyl groups is 1. The van der Waals surface area contributed by atoms with Crippen molar-refractivity contribution < 1.29 is 19.4 Å². The molecule has 0 radical (unpaired) electrons. The Bertz CT molecular complexity index is 608. The molecule has 3 rings (SSSR count). The van der Waals surface area contributed by atoms with Gasteiger partial charge in [0.1, 0.15) is 11.9 Å². The van der Waals surface area contributed by atoms with Gasteiger partial charge in [-0.05, 0) is 31.0 Å². The third-order valence-corrected chi connectivity index (χ3v) is 4.77. The highest BCUT2D eigenvalue weighted by Gasteiger charge is 2.31. The molecule has 1 unspecified atom stereocenters. The van der Waals surface area contributed by atoms with Crippen molar-refractivity contribution in [1.29, 1.82) is 0 Å². The molecule has 2 heterocycles. The van der Waals surface area contributed by atoms with Crippen molar-refractivity contribution in [2.75, 3.05) is 32.8 Å². The largest absolute Gasteiger partial charge is 0.507 e. The van der Waals surface area contributed by atoms with E-state index in [2.05, 4.69) is 15.9 Å². The molecule has 2 saturated heterocycles. The van der Waals surface area contributed by atoms with Crippen LogP contribution in [0.4, 0.5) is 0 Å². The highest BCUT2D eigenvalue weighted by molar-refractivity contribution is 9.10. The summed E-state index contributed by atoms with van der Waals surface area (Å²) >= 11 is 3.26. The van der Waals surface area contributed by atoms with Crippen molar-refractivity contribution in [1.82, 2.24) is 9.80 Å². The van der Waals surface area contributed by atoms with E-state index in [1.807, 2.05) is 0 Å². The Morgan fingerprint density at radius 1 is 1.17 bits per heavy atom. The Balaban J connectivity index is 1.60. The molecule has 2 aliphatic rings. The number of piperazine rings is 1. The maximum Gasteiger partial charge on any atom is 0.257 e. The van der Waals surface area contributed by atoms with Crippen molar-refractivity contribution in [3.63, 3.8) is 0 Å². The van der Waals surface area contributed by atoms with Gasteiger partial charge in [0.15, 0.2) is 0 Å². The average Bonchev–Trinajstić information content (AvgIpc) is 3.08. The van der Waals surface area contributed by atoms with Crippen LogP contribution >= 0.6 is 15.9 Å². The second-order valence-electron chi connectivity index (χ2n) is 5.78. The summed E-state index contributed by atoms with van der Waals surface area (Å²) in [6.45, 7) is 2.58. The third kappa shape index (κ3) is 3.50. The number of halogens is 1. The Hall–Kier alpha value is -1.60. The fourth-order valence-corrected chi connectivity index (χ4v) is 3.31. The minimum atomic E-state index is -0.312. The smallest absolute Gasteiger partial charge is 0.257 e. The summed E-state index contributed by atoms with van der Waals surface area (Å²) in [7, 11) is 0. The second kappa shape index (κ2) is 6.88. The van der Waals surface area contributed by atoms with Crippen LogP contribution in [-0.4, -0.2) is 65.6 Å². The third-order valence-electron chi connectivity index (χ3n) is 4.27. The van der Waals surface area contributed by atoms with Crippen LogP contribution in [0.15, 0.2) is 22.7 Å². The van der Waals surface area contributed by atoms with E-state index in [0.717, 1.165) is 17.3 Å². The van der Waals surface area contributed by atoms with Gasteiger partial charge in [0.2, 0.25) is 0 Å². The molecule has 1 atom stereocenters. The SMILES string of the molecule is O=C(c1ccc(Br)cc1O)N1CCN(C(=O)C2CCCO2)CC1. The van der Waals surface area contributed by atoms with Gasteiger partial charge in [-0.3, -0.25) is 9.59 Å². The van der Waals surface area contributed by atoms with Crippen LogP contribution in [0, 0.1) is 0 Å². The summed E-state index contributed by atoms with van der Waals surface area (Å²) in [6, 6.07) is 4.83. The predicted molar refractivity (Wildman–Crippen MR) is 87.3 cm³/mol. The average molecular weight is 383 g/mol. The summed E-state index contributed by atoms with van der Waals surface area (Å²) < 4.78 is 6.15. The summed E-state index contributed by atoms with van der Waals surface area (Å²) in [5.41, 5.74) is 0.284. The lowest BCUT2D eigenvalue weighted by Crippen LogP contribution is -2.52. The monoisotopic (exact) mass is 382 g/mol. The molecule has 2 aliphatic heterocycles. The van der Waals surface area contributed by atoms with Gasteiger partial charge >= 0.3 is 0 Å². The van der Waals surface area contributed by atoms with Crippen LogP contribution in [0.2, 0.25) is 0 Å². The van der Waals surface area contributed by atoms with Gasteiger partial charge in [0, 0.05) is 37.3 Å². The molecule has 6 nitrogen and oxygen atoms in total. The molecule has 2 amide bonds. The van der Waals surface area contributed by atoms with Gasteiger partial charge in [-0.1, -0.05) is 15.9 Å². The fourth-order valence-electron chi connectivity index (χ4n) is 2.96. The van der Waals surface area contributed by atoms with Gasteiger partial charge < -0.3 is 19.6 Å². The minimum absolute atomic E-state index is 0.0288. The maximum atomic E-state index is 12.5. The molecule has 1 aromatic rings. The van der Waals surface area contributed by atoms with Crippen LogP contribution in [0.25, 0.3) is 0 Å². The molecular formula is C16H19BrN2O4. The first-order valence-electron chi connectivity index (χ1n) is 7.74. The minimum Gasteiger partial charge on any atom is -0.507 e. The predicted octanol–water partition coefficient (Wildman–Crippen LogP) is 1.62. The van der Waals surface area contributed by atoms with E-state index in [0.29, 0.717) is 32.8 Å². The van der Waals surface area contributed by atoms with Crippen molar-refractivity contribution in [2.45, 2.75) is 18.9 Å². The van der Waals surface area contributed by atoms with Gasteiger partial charge in [-0.25, -0.2) is 0 Å². The van der Waals surface area contributed by atoms with E-state index in [1.165, 1.54) is 6.07 Å². The van der Waals surface area contributed by atoms with Gasteiger partial charge in [-0.15, -0.1) is 0 Å². The number of carbonyl (C=O) groups is 2. The van der Waals surface area contributed by atoms with Crippen molar-refractivity contribution in [3.05, 3.63) is 28.2 Å². The van der Waals surface area contributed by atoms with E-state index in [4.69, 9.17) is 4.74 Å². The first-order chi connectivity index (χ1) is 11.1. The molecule has 23 heavy (non-hydrogen) atoms. The first kappa shape index (κ1) is 16.3. The van der Waals surface area contributed by atoms with Crippen LogP contribution < -0.4 is 0 Å². The quantitative estimate of drug-likeness (QED) is 0.843. The Morgan fingerprint density at radius 2 is 1.87 bits per heavy atom. The van der Waals surface area contributed by atoms with Crippen LogP contribution in [0.3, 0.4) is 0 Å². The molecule has 0 bridgehead atoms. The van der Waals surface area contributed by atoms with Crippen LogP contribution in [0.1, 0.15) is 23.2 Å². The van der Waals surface area contributed by atoms with E-state index in [9.17, 15) is 14.7 Å². The highest BCUT2D eigenvalue weighted by atomic mass is 79.9. The molecule has 2 fully saturated rings. The second-order valence-corrected chi connectivity index (χ2v) is 6.70. The van der Waals surface area contributed by atoms with E-state index in [1.54, 1.807) is 21.9 Å². The topological polar surface area (TPSA) is 70.1 Å². The Kier molecular flexibility index (Phi) is 4.87. The number of ether oxygens (including phenoxy) is 1. The van der Waals surface area contributed by atoms with E-state index in [-0.39, 0.29) is 29.2 Å². The van der Waals surface area contributed by atoms with Gasteiger partial charge in [-0.2, -0.15) is 0 Å². The standard InChI is InChI=1S/C16H19BrN2O4/c17-11-3-4-12(13(20)10-11)15(21)18-5-7-19(8-6-18)16(22)14-2-1-9-23-14/h3-4,10,14,20H,1-2,5-9H2. The number of phenolic OH excluding ortho intramolecular Hbond substituents is 1. The molecule has 1 N–H and O–H groups in total. The lowest BCUT2D eigenvalue weighted by Gasteiger charge is -2.35. The number of hydrogen-bond acceptors (Lipinski definition) is 4. The summed E-state index contributed by atoms with van der Waals surface area (Å²) in [5, 5.41) is 9.92. The molecule has 7 heteroatoms. The molecule has 0 spiro atoms. The Morgan fingerprint density at radius 3 is 2.48 bits per heavy atom. The normalized spacial score (nSPS) is 21.5. The number of carbonyl (C=O) groups excluding carboxylic acids is 2. The number of benzene rings is 1. The zero-order chi connectivity index (χ0) is 16.4. The number of amides is 2. The maximum absolute atomic E-state index is 12.5. The van der Waals surface area contributed by atoms with Crippen molar-refractivity contribution in [3.8, 4) is 5.75 Å². The van der Waals surface area contributed by atoms with Crippen molar-refractivity contribution >= 4 is 27.7 Å². The molecule has 0 aromatic heterocycles. The molecular weight excluding hydrogens is 364 g/mol. The molecule has 0 saturated carbocycles. The molecule has 0 aliphatic carbocycles. The first-order valence-corrected chi connectivity index (χ1v) is 8.54. The zero-order valence-corrected chi connectivity index (χ0v) is 14.3. The van der Waals surface area contributed by atoms with Gasteiger partial charge in [0.05, 0.1) is 5.56 Å². The summed E-state index contributed by atoms with van der Waals surface area (Å²) in [5.74, 6) is -0.220. The van der Waals surface area contributed by atoms with Crippen LogP contribution in [0.5, 0.6) is 5.75 Å². The summed E-state index contributed by atoms with van der Waals surface area (Å²) in [6.07, 6.45) is 1.40. The lowest BCUT2D eigenvalue weighted by molar-refractivity contribution is -0.142. The van der Waals surface area contributed by atoms with E-state index >= 15 is 0 Å². The van der Waals surface area contributed by atoms with Crippen LogP contribution in [-0.2, 0) is 9.53 Å². The lowest BCUT2D eigenvalue weighted by atomic mass is 10.1. The van der Waals surface area contributed by atoms with E-state index < -0.39 is 0 Å². The number of phenols is 1. The molecule has 124 valence electrons. The summed E-state index contributed by atoms with van der Waals surface area (Å²) in [4.78, 5) is 28.2. The van der Waals surface area contributed by atoms with Crippen molar-refractivity contribution in [2.24, 2.45) is 0 Å². The number of hydrogen-bond donors (Lipinski definition) is 1. The fraction of sp³-hybridized carbons (Fsp3) is 0.500. The number of rotatable bonds is 2. The number of nitrogens with zero attached hydrogens (tertiary/aromatic N) is 2. The molecule has 1 aromatic carbocycles. The Labute approximate surface area is 143 Å².